The van der Waals surface area contributed by atoms with Crippen LogP contribution >= 0.6 is 11.8 Å². The number of carbonyl (C=O) groups is 3. The molecule has 2 aromatic carbocycles. The molecule has 2 aromatic rings. The molecule has 0 saturated carbocycles. The molecule has 0 heterocycles. The second-order valence-corrected chi connectivity index (χ2v) is 8.61. The molecule has 0 radical (unpaired) electrons. The quantitative estimate of drug-likeness (QED) is 0.496. The summed E-state index contributed by atoms with van der Waals surface area (Å²) < 4.78 is 24.7. The molecule has 1 aliphatic carbocycles. The molecule has 0 amide bonds. The number of carbonyl (C=O) groups excluding carboxylic acids is 3. The van der Waals surface area contributed by atoms with Crippen LogP contribution in [0.15, 0.2) is 54.1 Å². The second kappa shape index (κ2) is 9.96. The van der Waals surface area contributed by atoms with Gasteiger partial charge in [-0.3, -0.25) is 14.4 Å². The number of hydrogen-bond donors (Lipinski definition) is 0. The van der Waals surface area contributed by atoms with Crippen molar-refractivity contribution in [2.24, 2.45) is 0 Å². The summed E-state index contributed by atoms with van der Waals surface area (Å²) in [5, 5.41) is -0.790. The van der Waals surface area contributed by atoms with E-state index in [1.54, 1.807) is 12.1 Å². The Kier molecular flexibility index (Phi) is 7.30. The van der Waals surface area contributed by atoms with Crippen LogP contribution in [0.4, 0.5) is 4.39 Å². The average Bonchev–Trinajstić information content (AvgIpc) is 2.77. The summed E-state index contributed by atoms with van der Waals surface area (Å²) in [7, 11) is 2.83. The third-order valence-corrected chi connectivity index (χ3v) is 6.15. The lowest BCUT2D eigenvalue weighted by atomic mass is 9.89. The molecule has 166 valence electrons. The topological polar surface area (TPSA) is 69.7 Å². The van der Waals surface area contributed by atoms with Gasteiger partial charge in [0.25, 0.3) is 0 Å². The van der Waals surface area contributed by atoms with Crippen molar-refractivity contribution >= 4 is 28.4 Å². The van der Waals surface area contributed by atoms with Gasteiger partial charge in [-0.25, -0.2) is 4.39 Å². The SMILES string of the molecule is COc1cc(C(CC=C(C)C)SC(=O)c2cccc(F)c2)c(OC)c2c1C(=O)C=CC2=O. The van der Waals surface area contributed by atoms with Crippen molar-refractivity contribution in [3.05, 3.63) is 82.2 Å². The number of benzene rings is 2. The summed E-state index contributed by atoms with van der Waals surface area (Å²) in [6.45, 7) is 3.88. The molecule has 32 heavy (non-hydrogen) atoms. The van der Waals surface area contributed by atoms with Crippen molar-refractivity contribution in [3.8, 4) is 11.5 Å². The van der Waals surface area contributed by atoms with Crippen LogP contribution in [0.3, 0.4) is 0 Å². The number of methoxy groups -OCH3 is 2. The molecule has 3 rings (SSSR count). The predicted molar refractivity (Wildman–Crippen MR) is 122 cm³/mol. The van der Waals surface area contributed by atoms with E-state index in [4.69, 9.17) is 9.47 Å². The molecule has 0 aromatic heterocycles. The van der Waals surface area contributed by atoms with Gasteiger partial charge < -0.3 is 9.47 Å². The highest BCUT2D eigenvalue weighted by molar-refractivity contribution is 8.14. The number of rotatable bonds is 7. The highest BCUT2D eigenvalue weighted by Gasteiger charge is 2.32. The zero-order chi connectivity index (χ0) is 23.4. The Morgan fingerprint density at radius 3 is 2.34 bits per heavy atom. The Balaban J connectivity index is 2.15. The molecule has 1 unspecified atom stereocenters. The molecule has 0 saturated heterocycles. The summed E-state index contributed by atoms with van der Waals surface area (Å²) in [5.74, 6) is -0.763. The van der Waals surface area contributed by atoms with E-state index in [0.29, 0.717) is 12.0 Å². The number of hydrogen-bond acceptors (Lipinski definition) is 6. The number of ether oxygens (including phenoxy) is 2. The van der Waals surface area contributed by atoms with Gasteiger partial charge in [-0.2, -0.15) is 0 Å². The third kappa shape index (κ3) is 4.83. The number of thioether (sulfide) groups is 1. The molecule has 0 N–H and O–H groups in total. The maximum Gasteiger partial charge on any atom is 0.220 e. The lowest BCUT2D eigenvalue weighted by Crippen LogP contribution is -2.17. The highest BCUT2D eigenvalue weighted by Crippen LogP contribution is 2.46. The van der Waals surface area contributed by atoms with Gasteiger partial charge >= 0.3 is 0 Å². The van der Waals surface area contributed by atoms with E-state index < -0.39 is 11.1 Å². The third-order valence-electron chi connectivity index (χ3n) is 4.97. The number of allylic oxidation sites excluding steroid dienone is 4. The molecular weight excluding hydrogens is 431 g/mol. The summed E-state index contributed by atoms with van der Waals surface area (Å²) >= 11 is 1.00. The van der Waals surface area contributed by atoms with Crippen LogP contribution in [0.25, 0.3) is 0 Å². The Hall–Kier alpha value is -3.19. The van der Waals surface area contributed by atoms with Crippen LogP contribution < -0.4 is 9.47 Å². The average molecular weight is 455 g/mol. The Labute approximate surface area is 190 Å². The smallest absolute Gasteiger partial charge is 0.220 e. The maximum absolute atomic E-state index is 13.6. The zero-order valence-electron chi connectivity index (χ0n) is 18.2. The van der Waals surface area contributed by atoms with Crippen molar-refractivity contribution in [3.63, 3.8) is 0 Å². The molecule has 0 fully saturated rings. The molecular formula is C25H23FO5S. The highest BCUT2D eigenvalue weighted by atomic mass is 32.2. The van der Waals surface area contributed by atoms with Gasteiger partial charge in [0.15, 0.2) is 11.6 Å². The van der Waals surface area contributed by atoms with E-state index in [2.05, 4.69) is 0 Å². The minimum absolute atomic E-state index is 0.121. The first-order valence-corrected chi connectivity index (χ1v) is 10.8. The lowest BCUT2D eigenvalue weighted by molar-refractivity contribution is 0.0988. The zero-order valence-corrected chi connectivity index (χ0v) is 19.0. The van der Waals surface area contributed by atoms with Crippen molar-refractivity contribution in [1.82, 2.24) is 0 Å². The Bertz CT molecular complexity index is 1150. The largest absolute Gasteiger partial charge is 0.496 e. The molecule has 5 nitrogen and oxygen atoms in total. The summed E-state index contributed by atoms with van der Waals surface area (Å²) in [6, 6.07) is 7.12. The van der Waals surface area contributed by atoms with E-state index in [1.165, 1.54) is 44.6 Å². The summed E-state index contributed by atoms with van der Waals surface area (Å²) in [6.07, 6.45) is 4.82. The molecule has 0 spiro atoms. The van der Waals surface area contributed by atoms with E-state index >= 15 is 0 Å². The van der Waals surface area contributed by atoms with Crippen molar-refractivity contribution < 1.29 is 28.2 Å². The van der Waals surface area contributed by atoms with Gasteiger partial charge in [-0.15, -0.1) is 0 Å². The van der Waals surface area contributed by atoms with Crippen molar-refractivity contribution in [2.75, 3.05) is 14.2 Å². The number of fused-ring (bicyclic) bond motifs is 1. The van der Waals surface area contributed by atoms with Crippen LogP contribution in [-0.2, 0) is 0 Å². The maximum atomic E-state index is 13.6. The summed E-state index contributed by atoms with van der Waals surface area (Å²) in [5.41, 5.74) is 2.09. The summed E-state index contributed by atoms with van der Waals surface area (Å²) in [4.78, 5) is 38.1. The predicted octanol–water partition coefficient (Wildman–Crippen LogP) is 5.75. The van der Waals surface area contributed by atoms with Gasteiger partial charge in [0, 0.05) is 16.4 Å². The van der Waals surface area contributed by atoms with Gasteiger partial charge in [0.05, 0.1) is 25.3 Å². The first-order chi connectivity index (χ1) is 15.3. The van der Waals surface area contributed by atoms with Crippen LogP contribution in [0.2, 0.25) is 0 Å². The molecule has 1 aliphatic rings. The standard InChI is InChI=1S/C25H23FO5S/c1-14(2)8-11-21(32-25(29)15-6-5-7-16(26)12-15)17-13-20(30-3)22-18(27)9-10-19(28)23(22)24(17)31-4/h5-10,12-13,21H,11H2,1-4H3. The fourth-order valence-electron chi connectivity index (χ4n) is 3.47. The van der Waals surface area contributed by atoms with Gasteiger partial charge in [0.2, 0.25) is 5.12 Å². The first-order valence-electron chi connectivity index (χ1n) is 9.92. The van der Waals surface area contributed by atoms with E-state index in [-0.39, 0.29) is 44.9 Å². The molecule has 1 atom stereocenters. The van der Waals surface area contributed by atoms with Crippen LogP contribution in [0.5, 0.6) is 11.5 Å². The van der Waals surface area contributed by atoms with E-state index in [0.717, 1.165) is 17.3 Å². The van der Waals surface area contributed by atoms with E-state index in [1.807, 2.05) is 19.9 Å². The van der Waals surface area contributed by atoms with Crippen LogP contribution in [-0.4, -0.2) is 30.9 Å². The molecule has 0 aliphatic heterocycles. The monoisotopic (exact) mass is 454 g/mol. The normalized spacial score (nSPS) is 13.4. The second-order valence-electron chi connectivity index (χ2n) is 7.43. The minimum Gasteiger partial charge on any atom is -0.496 e. The van der Waals surface area contributed by atoms with Crippen molar-refractivity contribution in [2.45, 2.75) is 25.5 Å². The van der Waals surface area contributed by atoms with Gasteiger partial charge in [-0.05, 0) is 50.6 Å². The first kappa shape index (κ1) is 23.5. The lowest BCUT2D eigenvalue weighted by Gasteiger charge is -2.24. The minimum atomic E-state index is -0.499. The van der Waals surface area contributed by atoms with Gasteiger partial charge in [-0.1, -0.05) is 35.5 Å². The Morgan fingerprint density at radius 2 is 1.75 bits per heavy atom. The Morgan fingerprint density at radius 1 is 1.06 bits per heavy atom. The molecule has 7 heteroatoms. The van der Waals surface area contributed by atoms with Gasteiger partial charge in [0.1, 0.15) is 17.3 Å². The fourth-order valence-corrected chi connectivity index (χ4v) is 4.49. The number of ketones is 2. The van der Waals surface area contributed by atoms with Crippen molar-refractivity contribution in [1.29, 1.82) is 0 Å². The van der Waals surface area contributed by atoms with Crippen LogP contribution in [0, 0.1) is 5.82 Å². The fraction of sp³-hybridized carbons (Fsp3) is 0.240. The van der Waals surface area contributed by atoms with Crippen LogP contribution in [0.1, 0.15) is 62.2 Å². The number of halogens is 1. The molecule has 0 bridgehead atoms. The van der Waals surface area contributed by atoms with E-state index in [9.17, 15) is 18.8 Å².